The van der Waals surface area contributed by atoms with Gasteiger partial charge >= 0.3 is 0 Å². The quantitative estimate of drug-likeness (QED) is 0.916. The highest BCUT2D eigenvalue weighted by molar-refractivity contribution is 5.77. The third-order valence-corrected chi connectivity index (χ3v) is 6.01. The van der Waals surface area contributed by atoms with Crippen LogP contribution in [0.1, 0.15) is 44.3 Å². The van der Waals surface area contributed by atoms with Gasteiger partial charge in [-0.2, -0.15) is 0 Å². The van der Waals surface area contributed by atoms with Crippen LogP contribution < -0.4 is 5.73 Å². The highest BCUT2D eigenvalue weighted by Gasteiger charge is 2.35. The lowest BCUT2D eigenvalue weighted by molar-refractivity contribution is -0.135. The number of carbonyl (C=O) groups excluding carboxylic acids is 1. The molecule has 1 aromatic heterocycles. The summed E-state index contributed by atoms with van der Waals surface area (Å²) in [5, 5.41) is 8.71. The van der Waals surface area contributed by atoms with E-state index < -0.39 is 0 Å². The van der Waals surface area contributed by atoms with Gasteiger partial charge in [0.15, 0.2) is 11.6 Å². The predicted molar refractivity (Wildman–Crippen MR) is 100 cm³/mol. The number of amides is 1. The van der Waals surface area contributed by atoms with Crippen LogP contribution in [0.25, 0.3) is 11.4 Å². The molecule has 26 heavy (non-hydrogen) atoms. The van der Waals surface area contributed by atoms with Gasteiger partial charge < -0.3 is 15.2 Å². The van der Waals surface area contributed by atoms with Crippen molar-refractivity contribution in [3.8, 4) is 11.4 Å². The standard InChI is InChI=1S/C20H27N5O/c21-15-20(9-5-2-6-10-20)13-18(26)24-11-12-25-17(14-24)22-23-19(25)16-7-3-1-4-8-16/h1,3-4,7-8H,2,5-6,9-15,21H2. The molecule has 0 radical (unpaired) electrons. The van der Waals surface area contributed by atoms with Crippen molar-refractivity contribution in [2.75, 3.05) is 13.1 Å². The van der Waals surface area contributed by atoms with Crippen molar-refractivity contribution in [1.82, 2.24) is 19.7 Å². The number of hydrogen-bond acceptors (Lipinski definition) is 4. The third-order valence-electron chi connectivity index (χ3n) is 6.01. The molecule has 0 spiro atoms. The Labute approximate surface area is 154 Å². The molecule has 1 aromatic carbocycles. The molecule has 2 heterocycles. The largest absolute Gasteiger partial charge is 0.333 e. The van der Waals surface area contributed by atoms with E-state index in [1.54, 1.807) is 0 Å². The molecule has 6 heteroatoms. The van der Waals surface area contributed by atoms with Gasteiger partial charge in [-0.25, -0.2) is 0 Å². The van der Waals surface area contributed by atoms with Crippen molar-refractivity contribution in [2.45, 2.75) is 51.6 Å². The first-order chi connectivity index (χ1) is 12.7. The van der Waals surface area contributed by atoms with Crippen molar-refractivity contribution in [3.63, 3.8) is 0 Å². The van der Waals surface area contributed by atoms with Crippen LogP contribution in [-0.2, 0) is 17.9 Å². The van der Waals surface area contributed by atoms with Gasteiger partial charge in [0.2, 0.25) is 5.91 Å². The van der Waals surface area contributed by atoms with Gasteiger partial charge in [0.1, 0.15) is 0 Å². The predicted octanol–water partition coefficient (Wildman–Crippen LogP) is 2.59. The summed E-state index contributed by atoms with van der Waals surface area (Å²) < 4.78 is 2.14. The van der Waals surface area contributed by atoms with Crippen molar-refractivity contribution < 1.29 is 4.79 Å². The Morgan fingerprint density at radius 1 is 1.08 bits per heavy atom. The van der Waals surface area contributed by atoms with E-state index in [4.69, 9.17) is 5.73 Å². The van der Waals surface area contributed by atoms with E-state index in [9.17, 15) is 4.79 Å². The van der Waals surface area contributed by atoms with Crippen molar-refractivity contribution in [2.24, 2.45) is 11.1 Å². The molecule has 4 rings (SSSR count). The summed E-state index contributed by atoms with van der Waals surface area (Å²) >= 11 is 0. The summed E-state index contributed by atoms with van der Waals surface area (Å²) in [5.74, 6) is 1.97. The monoisotopic (exact) mass is 353 g/mol. The molecule has 1 saturated carbocycles. The van der Waals surface area contributed by atoms with Crippen molar-refractivity contribution >= 4 is 5.91 Å². The minimum atomic E-state index is 0.00958. The van der Waals surface area contributed by atoms with Crippen LogP contribution >= 0.6 is 0 Å². The average Bonchev–Trinajstić information content (AvgIpc) is 3.12. The molecule has 2 aliphatic rings. The molecule has 2 N–H and O–H groups in total. The zero-order valence-electron chi connectivity index (χ0n) is 15.2. The van der Waals surface area contributed by atoms with Gasteiger partial charge in [0.25, 0.3) is 0 Å². The molecule has 0 saturated heterocycles. The topological polar surface area (TPSA) is 77.0 Å². The smallest absolute Gasteiger partial charge is 0.223 e. The van der Waals surface area contributed by atoms with Gasteiger partial charge in [-0.05, 0) is 24.8 Å². The minimum Gasteiger partial charge on any atom is -0.333 e. The van der Waals surface area contributed by atoms with Crippen LogP contribution in [-0.4, -0.2) is 38.7 Å². The summed E-state index contributed by atoms with van der Waals surface area (Å²) in [6.45, 7) is 2.61. The lowest BCUT2D eigenvalue weighted by atomic mass is 9.71. The van der Waals surface area contributed by atoms with E-state index in [2.05, 4.69) is 14.8 Å². The Bertz CT molecular complexity index is 764. The summed E-state index contributed by atoms with van der Waals surface area (Å²) in [6.07, 6.45) is 6.39. The second-order valence-electron chi connectivity index (χ2n) is 7.71. The van der Waals surface area contributed by atoms with E-state index in [1.165, 1.54) is 19.3 Å². The fourth-order valence-corrected chi connectivity index (χ4v) is 4.36. The van der Waals surface area contributed by atoms with E-state index in [0.29, 0.717) is 26.1 Å². The molecular formula is C20H27N5O. The van der Waals surface area contributed by atoms with Gasteiger partial charge in [0.05, 0.1) is 6.54 Å². The number of nitrogens with zero attached hydrogens (tertiary/aromatic N) is 4. The first-order valence-electron chi connectivity index (χ1n) is 9.66. The molecular weight excluding hydrogens is 326 g/mol. The van der Waals surface area contributed by atoms with Crippen molar-refractivity contribution in [1.29, 1.82) is 0 Å². The van der Waals surface area contributed by atoms with Gasteiger partial charge in [-0.1, -0.05) is 49.6 Å². The molecule has 1 fully saturated rings. The molecule has 1 aliphatic heterocycles. The number of rotatable bonds is 4. The zero-order valence-corrected chi connectivity index (χ0v) is 15.2. The molecule has 1 amide bonds. The van der Waals surface area contributed by atoms with E-state index >= 15 is 0 Å². The number of hydrogen-bond donors (Lipinski definition) is 1. The van der Waals surface area contributed by atoms with E-state index in [0.717, 1.165) is 36.6 Å². The number of aromatic nitrogens is 3. The maximum Gasteiger partial charge on any atom is 0.223 e. The van der Waals surface area contributed by atoms with Crippen LogP contribution in [0.5, 0.6) is 0 Å². The Hall–Kier alpha value is -2.21. The third kappa shape index (κ3) is 3.26. The van der Waals surface area contributed by atoms with Crippen LogP contribution in [0.2, 0.25) is 0 Å². The van der Waals surface area contributed by atoms with Crippen molar-refractivity contribution in [3.05, 3.63) is 36.2 Å². The maximum absolute atomic E-state index is 12.9. The molecule has 0 atom stereocenters. The number of nitrogens with two attached hydrogens (primary N) is 1. The first-order valence-corrected chi connectivity index (χ1v) is 9.66. The molecule has 1 aliphatic carbocycles. The lowest BCUT2D eigenvalue weighted by Gasteiger charge is -2.38. The summed E-state index contributed by atoms with van der Waals surface area (Å²) in [7, 11) is 0. The van der Waals surface area contributed by atoms with Crippen LogP contribution in [0.4, 0.5) is 0 Å². The number of carbonyl (C=O) groups is 1. The Kier molecular flexibility index (Phi) is 4.76. The summed E-state index contributed by atoms with van der Waals surface area (Å²) in [6, 6.07) is 10.1. The number of fused-ring (bicyclic) bond motifs is 1. The molecule has 6 nitrogen and oxygen atoms in total. The Morgan fingerprint density at radius 2 is 1.85 bits per heavy atom. The highest BCUT2D eigenvalue weighted by atomic mass is 16.2. The second kappa shape index (κ2) is 7.19. The van der Waals surface area contributed by atoms with Crippen LogP contribution in [0.3, 0.4) is 0 Å². The fraction of sp³-hybridized carbons (Fsp3) is 0.550. The number of benzene rings is 1. The minimum absolute atomic E-state index is 0.00958. The first kappa shape index (κ1) is 17.2. The normalized spacial score (nSPS) is 19.2. The Balaban J connectivity index is 1.47. The van der Waals surface area contributed by atoms with Crippen LogP contribution in [0.15, 0.2) is 30.3 Å². The van der Waals surface area contributed by atoms with Gasteiger partial charge in [0, 0.05) is 25.1 Å². The molecule has 138 valence electrons. The maximum atomic E-state index is 12.9. The summed E-state index contributed by atoms with van der Waals surface area (Å²) in [4.78, 5) is 14.9. The van der Waals surface area contributed by atoms with Crippen LogP contribution in [0, 0.1) is 5.41 Å². The SMILES string of the molecule is NCC1(CC(=O)N2CCn3c(nnc3-c3ccccc3)C2)CCCCC1. The fourth-order valence-electron chi connectivity index (χ4n) is 4.36. The lowest BCUT2D eigenvalue weighted by Crippen LogP contribution is -2.43. The molecule has 0 unspecified atom stereocenters. The van der Waals surface area contributed by atoms with Gasteiger partial charge in [-0.15, -0.1) is 10.2 Å². The van der Waals surface area contributed by atoms with E-state index in [-0.39, 0.29) is 11.3 Å². The molecule has 2 aromatic rings. The molecule has 0 bridgehead atoms. The zero-order chi connectivity index (χ0) is 18.0. The van der Waals surface area contributed by atoms with E-state index in [1.807, 2.05) is 35.2 Å². The average molecular weight is 353 g/mol. The Morgan fingerprint density at radius 3 is 2.58 bits per heavy atom. The van der Waals surface area contributed by atoms with Gasteiger partial charge in [-0.3, -0.25) is 4.79 Å². The highest BCUT2D eigenvalue weighted by Crippen LogP contribution is 2.39. The summed E-state index contributed by atoms with van der Waals surface area (Å²) in [5.41, 5.74) is 7.14. The second-order valence-corrected chi connectivity index (χ2v) is 7.71.